The van der Waals surface area contributed by atoms with E-state index in [1.54, 1.807) is 0 Å². The van der Waals surface area contributed by atoms with Crippen molar-refractivity contribution in [2.24, 2.45) is 5.73 Å². The fourth-order valence-corrected chi connectivity index (χ4v) is 2.59. The highest BCUT2D eigenvalue weighted by molar-refractivity contribution is 6.31. The Kier molecular flexibility index (Phi) is 4.43. The minimum Gasteiger partial charge on any atom is -0.374 e. The Morgan fingerprint density at radius 1 is 1.35 bits per heavy atom. The Labute approximate surface area is 108 Å². The molecule has 1 aliphatic heterocycles. The summed E-state index contributed by atoms with van der Waals surface area (Å²) in [6, 6.07) is 6.18. The van der Waals surface area contributed by atoms with Crippen LogP contribution in [0.2, 0.25) is 5.02 Å². The summed E-state index contributed by atoms with van der Waals surface area (Å²) in [4.78, 5) is 0. The van der Waals surface area contributed by atoms with Crippen LogP contribution >= 0.6 is 11.6 Å². The van der Waals surface area contributed by atoms with Crippen LogP contribution in [0, 0.1) is 6.92 Å². The van der Waals surface area contributed by atoms with E-state index >= 15 is 0 Å². The molecule has 0 aliphatic carbocycles. The topological polar surface area (TPSA) is 35.2 Å². The molecule has 3 heteroatoms. The first-order valence-electron chi connectivity index (χ1n) is 6.29. The monoisotopic (exact) mass is 253 g/mol. The predicted molar refractivity (Wildman–Crippen MR) is 71.5 cm³/mol. The molecule has 0 aromatic heterocycles. The summed E-state index contributed by atoms with van der Waals surface area (Å²) in [6.45, 7) is 2.73. The van der Waals surface area contributed by atoms with Crippen LogP contribution in [-0.4, -0.2) is 18.8 Å². The van der Waals surface area contributed by atoms with Gasteiger partial charge in [0.15, 0.2) is 0 Å². The molecular formula is C14H20ClNO. The van der Waals surface area contributed by atoms with Gasteiger partial charge in [-0.2, -0.15) is 0 Å². The van der Waals surface area contributed by atoms with Crippen molar-refractivity contribution in [3.05, 3.63) is 34.3 Å². The fraction of sp³-hybridized carbons (Fsp3) is 0.571. The largest absolute Gasteiger partial charge is 0.374 e. The number of halogens is 1. The molecule has 2 unspecified atom stereocenters. The zero-order valence-corrected chi connectivity index (χ0v) is 11.0. The SMILES string of the molecule is Cc1ccc(Cl)c(CCC2CCC(CN)O2)c1. The Balaban J connectivity index is 1.88. The Hall–Kier alpha value is -0.570. The molecule has 0 radical (unpaired) electrons. The number of hydrogen-bond donors (Lipinski definition) is 1. The summed E-state index contributed by atoms with van der Waals surface area (Å²) in [5.41, 5.74) is 8.09. The molecule has 1 aromatic carbocycles. The highest BCUT2D eigenvalue weighted by atomic mass is 35.5. The average Bonchev–Trinajstić information content (AvgIpc) is 2.78. The van der Waals surface area contributed by atoms with E-state index in [1.807, 2.05) is 12.1 Å². The number of hydrogen-bond acceptors (Lipinski definition) is 2. The molecule has 94 valence electrons. The molecule has 0 spiro atoms. The van der Waals surface area contributed by atoms with E-state index < -0.39 is 0 Å². The van der Waals surface area contributed by atoms with Crippen molar-refractivity contribution in [3.63, 3.8) is 0 Å². The molecule has 2 rings (SSSR count). The average molecular weight is 254 g/mol. The highest BCUT2D eigenvalue weighted by Gasteiger charge is 2.23. The summed E-state index contributed by atoms with van der Waals surface area (Å²) in [6.07, 6.45) is 4.89. The van der Waals surface area contributed by atoms with E-state index in [2.05, 4.69) is 13.0 Å². The maximum Gasteiger partial charge on any atom is 0.0702 e. The van der Waals surface area contributed by atoms with Gasteiger partial charge in [-0.3, -0.25) is 0 Å². The van der Waals surface area contributed by atoms with Crippen molar-refractivity contribution >= 4 is 11.6 Å². The Morgan fingerprint density at radius 2 is 2.12 bits per heavy atom. The maximum absolute atomic E-state index is 6.18. The minimum absolute atomic E-state index is 0.271. The van der Waals surface area contributed by atoms with E-state index in [1.165, 1.54) is 11.1 Å². The number of rotatable bonds is 4. The van der Waals surface area contributed by atoms with Crippen LogP contribution in [-0.2, 0) is 11.2 Å². The number of aryl methyl sites for hydroxylation is 2. The van der Waals surface area contributed by atoms with Crippen LogP contribution in [0.15, 0.2) is 18.2 Å². The van der Waals surface area contributed by atoms with Crippen molar-refractivity contribution in [3.8, 4) is 0 Å². The highest BCUT2D eigenvalue weighted by Crippen LogP contribution is 2.25. The van der Waals surface area contributed by atoms with Crippen LogP contribution in [0.25, 0.3) is 0 Å². The molecule has 1 saturated heterocycles. The molecular weight excluding hydrogens is 234 g/mol. The Bertz CT molecular complexity index is 380. The van der Waals surface area contributed by atoms with Crippen LogP contribution in [0.3, 0.4) is 0 Å². The summed E-state index contributed by atoms with van der Waals surface area (Å²) in [5, 5.41) is 0.865. The smallest absolute Gasteiger partial charge is 0.0702 e. The Morgan fingerprint density at radius 3 is 2.82 bits per heavy atom. The van der Waals surface area contributed by atoms with Gasteiger partial charge in [0.2, 0.25) is 0 Å². The molecule has 0 amide bonds. The third-order valence-electron chi connectivity index (χ3n) is 3.40. The summed E-state index contributed by atoms with van der Waals surface area (Å²) in [5.74, 6) is 0. The second-order valence-corrected chi connectivity index (χ2v) is 5.23. The second kappa shape index (κ2) is 5.85. The van der Waals surface area contributed by atoms with Gasteiger partial charge in [-0.15, -0.1) is 0 Å². The molecule has 0 bridgehead atoms. The van der Waals surface area contributed by atoms with E-state index in [9.17, 15) is 0 Å². The molecule has 1 fully saturated rings. The maximum atomic E-state index is 6.18. The molecule has 1 aromatic rings. The first kappa shape index (κ1) is 12.9. The first-order valence-corrected chi connectivity index (χ1v) is 6.67. The second-order valence-electron chi connectivity index (χ2n) is 4.83. The zero-order chi connectivity index (χ0) is 12.3. The molecule has 2 N–H and O–H groups in total. The molecule has 1 heterocycles. The van der Waals surface area contributed by atoms with Gasteiger partial charge >= 0.3 is 0 Å². The number of nitrogens with two attached hydrogens (primary N) is 1. The third kappa shape index (κ3) is 3.44. The minimum atomic E-state index is 0.271. The molecule has 2 nitrogen and oxygen atoms in total. The van der Waals surface area contributed by atoms with Crippen molar-refractivity contribution in [1.82, 2.24) is 0 Å². The lowest BCUT2D eigenvalue weighted by atomic mass is 10.0. The van der Waals surface area contributed by atoms with Gasteiger partial charge in [0.1, 0.15) is 0 Å². The number of ether oxygens (including phenoxy) is 1. The van der Waals surface area contributed by atoms with Gasteiger partial charge in [0, 0.05) is 11.6 Å². The van der Waals surface area contributed by atoms with Crippen LogP contribution < -0.4 is 5.73 Å². The van der Waals surface area contributed by atoms with E-state index in [-0.39, 0.29) is 6.10 Å². The summed E-state index contributed by atoms with van der Waals surface area (Å²) in [7, 11) is 0. The summed E-state index contributed by atoms with van der Waals surface area (Å²) < 4.78 is 5.83. The molecule has 1 aliphatic rings. The van der Waals surface area contributed by atoms with Gasteiger partial charge in [0.25, 0.3) is 0 Å². The zero-order valence-electron chi connectivity index (χ0n) is 10.3. The lowest BCUT2D eigenvalue weighted by Crippen LogP contribution is -2.20. The van der Waals surface area contributed by atoms with Gasteiger partial charge < -0.3 is 10.5 Å². The van der Waals surface area contributed by atoms with Gasteiger partial charge in [-0.25, -0.2) is 0 Å². The van der Waals surface area contributed by atoms with E-state index in [4.69, 9.17) is 22.1 Å². The van der Waals surface area contributed by atoms with Gasteiger partial charge in [-0.05, 0) is 44.2 Å². The van der Waals surface area contributed by atoms with Gasteiger partial charge in [0.05, 0.1) is 12.2 Å². The van der Waals surface area contributed by atoms with Crippen LogP contribution in [0.4, 0.5) is 0 Å². The molecule has 17 heavy (non-hydrogen) atoms. The van der Waals surface area contributed by atoms with Crippen molar-refractivity contribution < 1.29 is 4.74 Å². The third-order valence-corrected chi connectivity index (χ3v) is 3.76. The van der Waals surface area contributed by atoms with Crippen molar-refractivity contribution in [1.29, 1.82) is 0 Å². The quantitative estimate of drug-likeness (QED) is 0.895. The van der Waals surface area contributed by atoms with Crippen LogP contribution in [0.5, 0.6) is 0 Å². The number of benzene rings is 1. The van der Waals surface area contributed by atoms with E-state index in [0.717, 1.165) is 30.7 Å². The fourth-order valence-electron chi connectivity index (χ4n) is 2.38. The van der Waals surface area contributed by atoms with Crippen LogP contribution in [0.1, 0.15) is 30.4 Å². The summed E-state index contributed by atoms with van der Waals surface area (Å²) >= 11 is 6.18. The normalized spacial score (nSPS) is 24.2. The standard InChI is InChI=1S/C14H20ClNO/c1-10-2-7-14(15)11(8-10)3-4-12-5-6-13(9-16)17-12/h2,7-8,12-13H,3-6,9,16H2,1H3. The predicted octanol–water partition coefficient (Wildman–Crippen LogP) is 3.09. The van der Waals surface area contributed by atoms with E-state index in [0.29, 0.717) is 12.6 Å². The lowest BCUT2D eigenvalue weighted by molar-refractivity contribution is 0.0458. The lowest BCUT2D eigenvalue weighted by Gasteiger charge is -2.13. The van der Waals surface area contributed by atoms with Gasteiger partial charge in [-0.1, -0.05) is 29.3 Å². The van der Waals surface area contributed by atoms with Crippen molar-refractivity contribution in [2.75, 3.05) is 6.54 Å². The molecule has 2 atom stereocenters. The molecule has 0 saturated carbocycles. The van der Waals surface area contributed by atoms with Crippen molar-refractivity contribution in [2.45, 2.75) is 44.8 Å². The first-order chi connectivity index (χ1) is 8.19.